The van der Waals surface area contributed by atoms with Crippen LogP contribution < -0.4 is 15.1 Å². The normalized spacial score (nSPS) is 21.7. The maximum atomic E-state index is 13.9. The number of carbonyl (C=O) groups excluding carboxylic acids is 1. The molecule has 9 nitrogen and oxygen atoms in total. The number of hydrogen-bond donors (Lipinski definition) is 2. The molecule has 2 aromatic carbocycles. The van der Waals surface area contributed by atoms with Crippen LogP contribution >= 0.6 is 0 Å². The minimum Gasteiger partial charge on any atom is -0.426 e. The molecule has 0 saturated carbocycles. The van der Waals surface area contributed by atoms with Gasteiger partial charge < -0.3 is 29.9 Å². The summed E-state index contributed by atoms with van der Waals surface area (Å²) in [6.07, 6.45) is -24.5. The number of amides is 1. The molecule has 0 aromatic heterocycles. The van der Waals surface area contributed by atoms with E-state index in [9.17, 15) is 70.7 Å². The van der Waals surface area contributed by atoms with Gasteiger partial charge in [-0.2, -0.15) is 65.9 Å². The number of nitrogens with one attached hydrogen (secondary N) is 1. The Kier molecular flexibility index (Phi) is 17.7. The number of aliphatic hydroxyl groups is 1. The summed E-state index contributed by atoms with van der Waals surface area (Å²) in [6, 6.07) is 8.87. The van der Waals surface area contributed by atoms with Gasteiger partial charge in [0.2, 0.25) is 0 Å². The molecule has 6 heterocycles. The van der Waals surface area contributed by atoms with Crippen LogP contribution in [0.5, 0.6) is 0 Å². The van der Waals surface area contributed by atoms with Gasteiger partial charge >= 0.3 is 37.0 Å². The number of alkyl halides is 15. The van der Waals surface area contributed by atoms with Gasteiger partial charge in [-0.1, -0.05) is 12.1 Å². The first-order chi connectivity index (χ1) is 33.0. The highest BCUT2D eigenvalue weighted by Gasteiger charge is 2.60. The van der Waals surface area contributed by atoms with Gasteiger partial charge in [0, 0.05) is 87.9 Å². The van der Waals surface area contributed by atoms with Crippen molar-refractivity contribution in [2.75, 3.05) is 88.3 Å². The van der Waals surface area contributed by atoms with Crippen molar-refractivity contribution in [3.8, 4) is 0 Å². The molecule has 71 heavy (non-hydrogen) atoms. The van der Waals surface area contributed by atoms with Gasteiger partial charge in [-0.25, -0.2) is 4.79 Å². The highest BCUT2D eigenvalue weighted by atomic mass is 19.4. The topological polar surface area (TPSA) is 74.8 Å². The Morgan fingerprint density at radius 2 is 0.944 bits per heavy atom. The second-order valence-electron chi connectivity index (χ2n) is 19.7. The van der Waals surface area contributed by atoms with E-state index in [-0.39, 0.29) is 25.2 Å². The van der Waals surface area contributed by atoms with E-state index in [1.807, 2.05) is 15.9 Å². The van der Waals surface area contributed by atoms with Crippen LogP contribution in [0.15, 0.2) is 36.4 Å². The molecule has 6 aliphatic rings. The zero-order valence-electron chi connectivity index (χ0n) is 39.3. The van der Waals surface area contributed by atoms with Gasteiger partial charge in [0.15, 0.2) is 0 Å². The van der Waals surface area contributed by atoms with E-state index in [2.05, 4.69) is 19.9 Å². The number of carbonyl (C=O) groups is 1. The van der Waals surface area contributed by atoms with Crippen molar-refractivity contribution in [3.05, 3.63) is 58.7 Å². The van der Waals surface area contributed by atoms with E-state index in [0.717, 1.165) is 101 Å². The molecule has 402 valence electrons. The Labute approximate surface area is 402 Å². The number of likely N-dealkylation sites (tertiary alicyclic amines) is 3. The minimum absolute atomic E-state index is 0.0634. The van der Waals surface area contributed by atoms with Gasteiger partial charge in [0.25, 0.3) is 6.10 Å². The van der Waals surface area contributed by atoms with Crippen LogP contribution in [-0.2, 0) is 30.2 Å². The Morgan fingerprint density at radius 3 is 1.30 bits per heavy atom. The van der Waals surface area contributed by atoms with Crippen LogP contribution in [0.1, 0.15) is 93.4 Å². The number of nitrogens with zero attached hydrogens (tertiary/aromatic N) is 5. The van der Waals surface area contributed by atoms with E-state index in [0.29, 0.717) is 75.6 Å². The molecule has 6 fully saturated rings. The molecule has 1 amide bonds. The van der Waals surface area contributed by atoms with E-state index < -0.39 is 65.7 Å². The van der Waals surface area contributed by atoms with Gasteiger partial charge in [-0.15, -0.1) is 0 Å². The van der Waals surface area contributed by atoms with Crippen molar-refractivity contribution in [2.24, 2.45) is 10.8 Å². The largest absolute Gasteiger partial charge is 0.434 e. The first-order valence-corrected chi connectivity index (χ1v) is 23.9. The van der Waals surface area contributed by atoms with E-state index in [1.165, 1.54) is 12.1 Å². The van der Waals surface area contributed by atoms with Crippen LogP contribution in [0.3, 0.4) is 0 Å². The molecule has 2 aromatic rings. The first kappa shape index (κ1) is 56.4. The van der Waals surface area contributed by atoms with Crippen molar-refractivity contribution in [2.45, 2.75) is 127 Å². The molecule has 6 saturated heterocycles. The van der Waals surface area contributed by atoms with Crippen LogP contribution in [-0.4, -0.2) is 135 Å². The third-order valence-electron chi connectivity index (χ3n) is 14.6. The molecule has 0 radical (unpaired) electrons. The predicted octanol–water partition coefficient (Wildman–Crippen LogP) is 11.0. The number of benzene rings is 2. The number of rotatable bonds is 7. The average molecular weight is 1040 g/mol. The Balaban J connectivity index is 0.000000215. The Hall–Kier alpha value is -3.90. The molecule has 24 heteroatoms. The van der Waals surface area contributed by atoms with Crippen molar-refractivity contribution in [3.63, 3.8) is 0 Å². The lowest BCUT2D eigenvalue weighted by molar-refractivity contribution is -0.308. The fourth-order valence-corrected chi connectivity index (χ4v) is 10.7. The summed E-state index contributed by atoms with van der Waals surface area (Å²) in [7, 11) is 0. The highest BCUT2D eigenvalue weighted by Crippen LogP contribution is 2.46. The third kappa shape index (κ3) is 14.7. The van der Waals surface area contributed by atoms with Crippen LogP contribution in [0.25, 0.3) is 0 Å². The molecule has 0 aliphatic carbocycles. The molecular formula is C47H61F15N6O3. The quantitative estimate of drug-likeness (QED) is 0.266. The molecule has 2 N–H and O–H groups in total. The highest BCUT2D eigenvalue weighted by molar-refractivity contribution is 5.68. The molecule has 8 rings (SSSR count). The van der Waals surface area contributed by atoms with Gasteiger partial charge in [0.05, 0.1) is 11.1 Å². The van der Waals surface area contributed by atoms with Crippen molar-refractivity contribution < 1.29 is 80.5 Å². The smallest absolute Gasteiger partial charge is 0.426 e. The predicted molar refractivity (Wildman–Crippen MR) is 233 cm³/mol. The summed E-state index contributed by atoms with van der Waals surface area (Å²) >= 11 is 0. The number of aliphatic hydroxyl groups excluding tert-OH is 1. The lowest BCUT2D eigenvalue weighted by Crippen LogP contribution is -2.50. The Morgan fingerprint density at radius 1 is 0.577 bits per heavy atom. The number of piperidine rings is 2. The zero-order valence-corrected chi connectivity index (χ0v) is 39.3. The fraction of sp³-hybridized carbons (Fsp3) is 0.723. The summed E-state index contributed by atoms with van der Waals surface area (Å²) in [5.74, 6) is 0. The number of hydrogen-bond acceptors (Lipinski definition) is 8. The molecular weight excluding hydrogens is 982 g/mol. The summed E-state index contributed by atoms with van der Waals surface area (Å²) in [5, 5.41) is 11.2. The second kappa shape index (κ2) is 22.3. The number of anilines is 2. The molecule has 2 spiro atoms. The molecule has 1 unspecified atom stereocenters. The van der Waals surface area contributed by atoms with Gasteiger partial charge in [-0.05, 0) is 132 Å². The number of halogens is 15. The fourth-order valence-electron chi connectivity index (χ4n) is 10.7. The van der Waals surface area contributed by atoms with Crippen molar-refractivity contribution >= 4 is 17.5 Å². The lowest BCUT2D eigenvalue weighted by atomic mass is 9.78. The summed E-state index contributed by atoms with van der Waals surface area (Å²) in [4.78, 5) is 21.2. The summed E-state index contributed by atoms with van der Waals surface area (Å²) < 4.78 is 196. The number of ether oxygens (including phenoxy) is 1. The zero-order chi connectivity index (χ0) is 52.2. The maximum Gasteiger partial charge on any atom is 0.434 e. The van der Waals surface area contributed by atoms with Crippen molar-refractivity contribution in [1.82, 2.24) is 20.0 Å². The molecule has 1 atom stereocenters. The average Bonchev–Trinajstić information content (AvgIpc) is 4.12. The summed E-state index contributed by atoms with van der Waals surface area (Å²) in [5.41, 5.74) is 0.802. The lowest BCUT2D eigenvalue weighted by Gasteiger charge is -2.39. The third-order valence-corrected chi connectivity index (χ3v) is 14.6. The van der Waals surface area contributed by atoms with Gasteiger partial charge in [-0.3, -0.25) is 9.80 Å². The SMILES string of the molecule is CC(O)C(F)(F)F.FC(F)(F)c1cccc(N2CCCC2)c1CN1CCC2(CCNCC2)C1.O=C(OC(C(F)(F)F)C(F)(F)F)N1CCC2(CCN(Cc3c(N4CCCC4)cccc3C(F)(F)F)C2)CC1. The van der Waals surface area contributed by atoms with Gasteiger partial charge in [0.1, 0.15) is 6.10 Å². The monoisotopic (exact) mass is 1040 g/mol. The minimum atomic E-state index is -5.79. The standard InChI is InChI=1S/C24H28F9N3O2.C20H28F3N3.C3H5F3O/c25-22(26,27)17-4-3-5-18(35-9-1-2-10-35)16(17)14-34-11-6-21(15-34)7-12-36(13-8-21)20(37)38-19(23(28,29)30)24(31,32)33;21-20(22,23)17-4-3-5-18(26-11-1-2-12-26)16(17)14-25-13-8-19(15-25)6-9-24-10-7-19;1-2(7)3(4,5)6/h3-5,19H,1-2,6-15H2;3-5,24H,1-2,6-15H2;2,7H,1H3. The summed E-state index contributed by atoms with van der Waals surface area (Å²) in [6.45, 7) is 8.83. The molecule has 6 aliphatic heterocycles. The van der Waals surface area contributed by atoms with Crippen molar-refractivity contribution in [1.29, 1.82) is 0 Å². The van der Waals surface area contributed by atoms with Crippen LogP contribution in [0, 0.1) is 10.8 Å². The van der Waals surface area contributed by atoms with E-state index >= 15 is 0 Å². The molecule has 0 bridgehead atoms. The first-order valence-electron chi connectivity index (χ1n) is 23.9. The van der Waals surface area contributed by atoms with Crippen LogP contribution in [0.4, 0.5) is 82.0 Å². The second-order valence-corrected chi connectivity index (χ2v) is 19.7. The maximum absolute atomic E-state index is 13.9. The Bertz CT molecular complexity index is 2040. The van der Waals surface area contributed by atoms with Crippen LogP contribution in [0.2, 0.25) is 0 Å². The van der Waals surface area contributed by atoms with E-state index in [4.69, 9.17) is 5.11 Å². The van der Waals surface area contributed by atoms with E-state index in [1.54, 1.807) is 12.1 Å².